The number of anilines is 2. The molecule has 0 saturated heterocycles. The molecule has 0 bridgehead atoms. The van der Waals surface area contributed by atoms with Gasteiger partial charge in [0, 0.05) is 0 Å². The van der Waals surface area contributed by atoms with Gasteiger partial charge in [0.1, 0.15) is 0 Å². The van der Waals surface area contributed by atoms with E-state index < -0.39 is 0 Å². The molecule has 0 aliphatic heterocycles. The Bertz CT molecular complexity index is 257. The van der Waals surface area contributed by atoms with E-state index in [1.54, 1.807) is 0 Å². The van der Waals surface area contributed by atoms with Gasteiger partial charge in [-0.3, -0.25) is 0 Å². The number of hydrogen-bond donors (Lipinski definition) is 2. The summed E-state index contributed by atoms with van der Waals surface area (Å²) < 4.78 is 0. The van der Waals surface area contributed by atoms with E-state index in [9.17, 15) is 0 Å². The van der Waals surface area contributed by atoms with E-state index in [1.807, 2.05) is 13.8 Å². The van der Waals surface area contributed by atoms with Crippen molar-refractivity contribution in [3.05, 3.63) is 11.4 Å². The SMILES string of the molecule is CCc1nc(N)nc(CC)c1N. The summed E-state index contributed by atoms with van der Waals surface area (Å²) >= 11 is 0. The largest absolute Gasteiger partial charge is 0.396 e. The van der Waals surface area contributed by atoms with Gasteiger partial charge < -0.3 is 11.5 Å². The number of rotatable bonds is 2. The maximum absolute atomic E-state index is 5.79. The number of nitrogens with zero attached hydrogens (tertiary/aromatic N) is 2. The minimum absolute atomic E-state index is 0.318. The van der Waals surface area contributed by atoms with Gasteiger partial charge in [-0.25, -0.2) is 9.97 Å². The van der Waals surface area contributed by atoms with Crippen LogP contribution in [-0.4, -0.2) is 9.97 Å². The minimum Gasteiger partial charge on any atom is -0.396 e. The number of nitrogens with two attached hydrogens (primary N) is 2. The highest BCUT2D eigenvalue weighted by molar-refractivity contribution is 5.49. The van der Waals surface area contributed by atoms with Crippen LogP contribution in [-0.2, 0) is 12.8 Å². The smallest absolute Gasteiger partial charge is 0.220 e. The predicted octanol–water partition coefficient (Wildman–Crippen LogP) is 0.766. The highest BCUT2D eigenvalue weighted by Crippen LogP contribution is 2.15. The Labute approximate surface area is 72.0 Å². The van der Waals surface area contributed by atoms with Crippen LogP contribution in [0.4, 0.5) is 11.6 Å². The molecule has 0 saturated carbocycles. The van der Waals surface area contributed by atoms with Gasteiger partial charge in [-0.1, -0.05) is 13.8 Å². The summed E-state index contributed by atoms with van der Waals surface area (Å²) in [4.78, 5) is 8.08. The fraction of sp³-hybridized carbons (Fsp3) is 0.500. The van der Waals surface area contributed by atoms with E-state index in [4.69, 9.17) is 11.5 Å². The zero-order valence-corrected chi connectivity index (χ0v) is 7.46. The highest BCUT2D eigenvalue weighted by Gasteiger charge is 2.06. The number of aromatic nitrogens is 2. The molecule has 4 N–H and O–H groups in total. The lowest BCUT2D eigenvalue weighted by atomic mass is 10.2. The van der Waals surface area contributed by atoms with E-state index in [1.165, 1.54) is 0 Å². The molecule has 0 atom stereocenters. The molecule has 1 aromatic heterocycles. The summed E-state index contributed by atoms with van der Waals surface area (Å²) in [5.74, 6) is 0.318. The van der Waals surface area contributed by atoms with Crippen LogP contribution < -0.4 is 11.5 Å². The van der Waals surface area contributed by atoms with Crippen LogP contribution in [0.5, 0.6) is 0 Å². The van der Waals surface area contributed by atoms with Crippen LogP contribution >= 0.6 is 0 Å². The average Bonchev–Trinajstić information content (AvgIpc) is 2.08. The lowest BCUT2D eigenvalue weighted by Gasteiger charge is -2.06. The molecule has 0 aromatic carbocycles. The lowest BCUT2D eigenvalue weighted by Crippen LogP contribution is -2.07. The molecule has 1 heterocycles. The van der Waals surface area contributed by atoms with Crippen LogP contribution in [0, 0.1) is 0 Å². The molecular formula is C8H14N4. The Morgan fingerprint density at radius 2 is 1.42 bits per heavy atom. The van der Waals surface area contributed by atoms with Crippen molar-refractivity contribution >= 4 is 11.6 Å². The monoisotopic (exact) mass is 166 g/mol. The molecule has 66 valence electrons. The predicted molar refractivity (Wildman–Crippen MR) is 49.6 cm³/mol. The second-order valence-electron chi connectivity index (χ2n) is 2.60. The van der Waals surface area contributed by atoms with E-state index >= 15 is 0 Å². The molecule has 1 aromatic rings. The van der Waals surface area contributed by atoms with Crippen molar-refractivity contribution in [2.45, 2.75) is 26.7 Å². The molecule has 0 aliphatic rings. The Hall–Kier alpha value is -1.32. The summed E-state index contributed by atoms with van der Waals surface area (Å²) in [5.41, 5.74) is 13.7. The summed E-state index contributed by atoms with van der Waals surface area (Å²) in [6.45, 7) is 4.00. The fourth-order valence-electron chi connectivity index (χ4n) is 1.13. The zero-order valence-electron chi connectivity index (χ0n) is 7.46. The van der Waals surface area contributed by atoms with E-state index in [0.29, 0.717) is 11.6 Å². The van der Waals surface area contributed by atoms with Gasteiger partial charge in [-0.05, 0) is 12.8 Å². The normalized spacial score (nSPS) is 10.2. The van der Waals surface area contributed by atoms with Gasteiger partial charge in [0.15, 0.2) is 0 Å². The van der Waals surface area contributed by atoms with Gasteiger partial charge in [-0.2, -0.15) is 0 Å². The zero-order chi connectivity index (χ0) is 9.14. The molecule has 0 unspecified atom stereocenters. The van der Waals surface area contributed by atoms with Crippen LogP contribution in [0.25, 0.3) is 0 Å². The van der Waals surface area contributed by atoms with Crippen LogP contribution in [0.3, 0.4) is 0 Å². The third kappa shape index (κ3) is 1.47. The third-order valence-electron chi connectivity index (χ3n) is 1.79. The Balaban J connectivity index is 3.22. The van der Waals surface area contributed by atoms with Gasteiger partial charge >= 0.3 is 0 Å². The quantitative estimate of drug-likeness (QED) is 0.680. The average molecular weight is 166 g/mol. The van der Waals surface area contributed by atoms with E-state index in [2.05, 4.69) is 9.97 Å². The molecule has 12 heavy (non-hydrogen) atoms. The summed E-state index contributed by atoms with van der Waals surface area (Å²) in [6, 6.07) is 0. The summed E-state index contributed by atoms with van der Waals surface area (Å²) in [7, 11) is 0. The molecule has 4 nitrogen and oxygen atoms in total. The fourth-order valence-corrected chi connectivity index (χ4v) is 1.13. The van der Waals surface area contributed by atoms with Gasteiger partial charge in [-0.15, -0.1) is 0 Å². The molecule has 1 rings (SSSR count). The first kappa shape index (κ1) is 8.77. The maximum Gasteiger partial charge on any atom is 0.220 e. The minimum atomic E-state index is 0.318. The standard InChI is InChI=1S/C8H14N4/c1-3-5-7(9)6(4-2)12-8(10)11-5/h3-4,9H2,1-2H3,(H2,10,11,12). The molecule has 0 fully saturated rings. The van der Waals surface area contributed by atoms with Gasteiger partial charge in [0.05, 0.1) is 17.1 Å². The Morgan fingerprint density at radius 3 is 1.75 bits per heavy atom. The molecule has 0 amide bonds. The van der Waals surface area contributed by atoms with Crippen molar-refractivity contribution in [2.24, 2.45) is 0 Å². The van der Waals surface area contributed by atoms with E-state index in [-0.39, 0.29) is 0 Å². The van der Waals surface area contributed by atoms with Crippen molar-refractivity contribution in [3.63, 3.8) is 0 Å². The van der Waals surface area contributed by atoms with Crippen LogP contribution in [0.15, 0.2) is 0 Å². The molecule has 0 aliphatic carbocycles. The highest BCUT2D eigenvalue weighted by atomic mass is 15.0. The number of hydrogen-bond acceptors (Lipinski definition) is 4. The summed E-state index contributed by atoms with van der Waals surface area (Å²) in [5, 5.41) is 0. The summed E-state index contributed by atoms with van der Waals surface area (Å²) in [6.07, 6.45) is 1.59. The van der Waals surface area contributed by atoms with Crippen molar-refractivity contribution in [3.8, 4) is 0 Å². The third-order valence-corrected chi connectivity index (χ3v) is 1.79. The number of nitrogen functional groups attached to an aromatic ring is 2. The first-order valence-electron chi connectivity index (χ1n) is 4.09. The first-order chi connectivity index (χ1) is 5.69. The second kappa shape index (κ2) is 3.38. The Morgan fingerprint density at radius 1 is 1.00 bits per heavy atom. The topological polar surface area (TPSA) is 77.8 Å². The van der Waals surface area contributed by atoms with Crippen molar-refractivity contribution < 1.29 is 0 Å². The van der Waals surface area contributed by atoms with Crippen LogP contribution in [0.2, 0.25) is 0 Å². The Kier molecular flexibility index (Phi) is 2.47. The first-order valence-corrected chi connectivity index (χ1v) is 4.09. The number of aryl methyl sites for hydroxylation is 2. The van der Waals surface area contributed by atoms with Crippen LogP contribution in [0.1, 0.15) is 25.2 Å². The second-order valence-corrected chi connectivity index (χ2v) is 2.60. The van der Waals surface area contributed by atoms with Gasteiger partial charge in [0.25, 0.3) is 0 Å². The molecular weight excluding hydrogens is 152 g/mol. The lowest BCUT2D eigenvalue weighted by molar-refractivity contribution is 0.955. The van der Waals surface area contributed by atoms with Crippen molar-refractivity contribution in [1.29, 1.82) is 0 Å². The van der Waals surface area contributed by atoms with Crippen molar-refractivity contribution in [1.82, 2.24) is 9.97 Å². The molecule has 0 spiro atoms. The van der Waals surface area contributed by atoms with Crippen molar-refractivity contribution in [2.75, 3.05) is 11.5 Å². The van der Waals surface area contributed by atoms with E-state index in [0.717, 1.165) is 24.2 Å². The van der Waals surface area contributed by atoms with Gasteiger partial charge in [0.2, 0.25) is 5.95 Å². The molecule has 4 heteroatoms. The maximum atomic E-state index is 5.79. The molecule has 0 radical (unpaired) electrons.